The molecule has 2 saturated heterocycles. The number of rotatable bonds is 2. The summed E-state index contributed by atoms with van der Waals surface area (Å²) in [6.45, 7) is 5.14. The summed E-state index contributed by atoms with van der Waals surface area (Å²) in [4.78, 5) is 16.8. The zero-order chi connectivity index (χ0) is 12.4. The summed E-state index contributed by atoms with van der Waals surface area (Å²) in [5.41, 5.74) is 5.45. The third kappa shape index (κ3) is 2.96. The molecule has 5 heteroatoms. The Hall–Kier alpha value is -0.680. The Morgan fingerprint density at radius 3 is 2.88 bits per heavy atom. The Balaban J connectivity index is 1.99. The number of piperazine rings is 1. The van der Waals surface area contributed by atoms with Crippen molar-refractivity contribution in [3.05, 3.63) is 0 Å². The molecule has 0 aromatic carbocycles. The van der Waals surface area contributed by atoms with Gasteiger partial charge < -0.3 is 10.6 Å². The highest BCUT2D eigenvalue weighted by atomic mass is 32.1. The first kappa shape index (κ1) is 12.8. The Kier molecular flexibility index (Phi) is 3.99. The molecule has 96 valence electrons. The quantitative estimate of drug-likeness (QED) is 0.740. The molecule has 2 aliphatic heterocycles. The number of amides is 1. The van der Waals surface area contributed by atoms with E-state index in [1.165, 1.54) is 25.8 Å². The summed E-state index contributed by atoms with van der Waals surface area (Å²) in [5, 5.41) is 0. The van der Waals surface area contributed by atoms with Gasteiger partial charge in [0, 0.05) is 25.2 Å². The third-order valence-electron chi connectivity index (χ3n) is 3.83. The maximum Gasteiger partial charge on any atom is 0.229 e. The number of piperidine rings is 1. The van der Waals surface area contributed by atoms with Gasteiger partial charge in [0.1, 0.15) is 0 Å². The van der Waals surface area contributed by atoms with Gasteiger partial charge in [-0.1, -0.05) is 18.6 Å². The minimum absolute atomic E-state index is 0.0928. The van der Waals surface area contributed by atoms with Crippen LogP contribution in [0.4, 0.5) is 0 Å². The maximum atomic E-state index is 12.0. The summed E-state index contributed by atoms with van der Waals surface area (Å²) in [7, 11) is 0. The summed E-state index contributed by atoms with van der Waals surface area (Å²) < 4.78 is 0. The average Bonchev–Trinajstić information content (AvgIpc) is 2.27. The number of fused-ring (bicyclic) bond motifs is 1. The van der Waals surface area contributed by atoms with Crippen molar-refractivity contribution in [1.29, 1.82) is 0 Å². The molecule has 2 rings (SSSR count). The summed E-state index contributed by atoms with van der Waals surface area (Å²) >= 11 is 4.81. The van der Waals surface area contributed by atoms with Gasteiger partial charge in [0.05, 0.1) is 11.4 Å². The van der Waals surface area contributed by atoms with E-state index in [1.54, 1.807) is 0 Å². The third-order valence-corrected chi connectivity index (χ3v) is 3.98. The highest BCUT2D eigenvalue weighted by molar-refractivity contribution is 7.80. The van der Waals surface area contributed by atoms with Crippen LogP contribution in [0.1, 0.15) is 32.6 Å². The van der Waals surface area contributed by atoms with Crippen LogP contribution in [0.15, 0.2) is 0 Å². The molecule has 4 nitrogen and oxygen atoms in total. The summed E-state index contributed by atoms with van der Waals surface area (Å²) in [6, 6.07) is 0.835. The monoisotopic (exact) mass is 255 g/mol. The van der Waals surface area contributed by atoms with E-state index in [0.29, 0.717) is 11.0 Å². The molecule has 2 aliphatic rings. The first-order valence-corrected chi connectivity index (χ1v) is 6.80. The lowest BCUT2D eigenvalue weighted by atomic mass is 9.97. The van der Waals surface area contributed by atoms with Crippen LogP contribution in [-0.4, -0.2) is 52.4 Å². The molecule has 2 atom stereocenters. The van der Waals surface area contributed by atoms with E-state index in [0.717, 1.165) is 13.1 Å². The van der Waals surface area contributed by atoms with Gasteiger partial charge in [0.25, 0.3) is 0 Å². The van der Waals surface area contributed by atoms with Crippen molar-refractivity contribution in [1.82, 2.24) is 9.80 Å². The van der Waals surface area contributed by atoms with Crippen LogP contribution in [0.2, 0.25) is 0 Å². The van der Waals surface area contributed by atoms with Crippen molar-refractivity contribution in [2.24, 2.45) is 5.73 Å². The van der Waals surface area contributed by atoms with E-state index >= 15 is 0 Å². The molecule has 0 spiro atoms. The molecular weight excluding hydrogens is 234 g/mol. The van der Waals surface area contributed by atoms with Gasteiger partial charge in [-0.05, 0) is 26.3 Å². The number of nitrogens with two attached hydrogens (primary N) is 1. The molecule has 0 aromatic rings. The number of nitrogens with zero attached hydrogens (tertiary/aromatic N) is 2. The van der Waals surface area contributed by atoms with Gasteiger partial charge in [0.15, 0.2) is 0 Å². The zero-order valence-corrected chi connectivity index (χ0v) is 11.2. The molecule has 0 radical (unpaired) electrons. The normalized spacial score (nSPS) is 29.8. The van der Waals surface area contributed by atoms with Crippen molar-refractivity contribution >= 4 is 23.1 Å². The van der Waals surface area contributed by atoms with Crippen molar-refractivity contribution in [2.45, 2.75) is 44.7 Å². The first-order valence-electron chi connectivity index (χ1n) is 6.39. The summed E-state index contributed by atoms with van der Waals surface area (Å²) in [5.74, 6) is 0.0928. The van der Waals surface area contributed by atoms with Gasteiger partial charge in [0.2, 0.25) is 5.91 Å². The number of carbonyl (C=O) groups is 1. The SMILES string of the molecule is CC1CN2CCCCC2CN1C(=O)CC(N)=S. The van der Waals surface area contributed by atoms with Gasteiger partial charge >= 0.3 is 0 Å². The second kappa shape index (κ2) is 5.31. The highest BCUT2D eigenvalue weighted by Crippen LogP contribution is 2.24. The van der Waals surface area contributed by atoms with E-state index in [-0.39, 0.29) is 18.4 Å². The van der Waals surface area contributed by atoms with E-state index in [1.807, 2.05) is 4.90 Å². The van der Waals surface area contributed by atoms with Crippen LogP contribution < -0.4 is 5.73 Å². The second-order valence-corrected chi connectivity index (χ2v) is 5.71. The topological polar surface area (TPSA) is 49.6 Å². The standard InChI is InChI=1S/C12H21N3OS/c1-9-7-14-5-3-2-4-10(14)8-15(9)12(16)6-11(13)17/h9-10H,2-8H2,1H3,(H2,13,17). The zero-order valence-electron chi connectivity index (χ0n) is 10.4. The molecule has 0 aliphatic carbocycles. The largest absolute Gasteiger partial charge is 0.393 e. The fourth-order valence-corrected chi connectivity index (χ4v) is 3.07. The molecule has 0 aromatic heterocycles. The second-order valence-electron chi connectivity index (χ2n) is 5.18. The van der Waals surface area contributed by atoms with Crippen LogP contribution in [0.25, 0.3) is 0 Å². The van der Waals surface area contributed by atoms with Crippen molar-refractivity contribution in [3.8, 4) is 0 Å². The van der Waals surface area contributed by atoms with Crippen LogP contribution in [-0.2, 0) is 4.79 Å². The molecular formula is C12H21N3OS. The van der Waals surface area contributed by atoms with E-state index in [4.69, 9.17) is 18.0 Å². The number of hydrogen-bond donors (Lipinski definition) is 1. The predicted molar refractivity (Wildman–Crippen MR) is 71.8 cm³/mol. The van der Waals surface area contributed by atoms with Gasteiger partial charge in [-0.2, -0.15) is 0 Å². The van der Waals surface area contributed by atoms with Crippen LogP contribution >= 0.6 is 12.2 Å². The lowest BCUT2D eigenvalue weighted by Gasteiger charge is -2.47. The van der Waals surface area contributed by atoms with Crippen LogP contribution in [0, 0.1) is 0 Å². The first-order chi connectivity index (χ1) is 8.08. The molecule has 0 saturated carbocycles. The van der Waals surface area contributed by atoms with Crippen molar-refractivity contribution < 1.29 is 4.79 Å². The predicted octanol–water partition coefficient (Wildman–Crippen LogP) is 0.748. The van der Waals surface area contributed by atoms with Crippen LogP contribution in [0.3, 0.4) is 0 Å². The summed E-state index contributed by atoms with van der Waals surface area (Å²) in [6.07, 6.45) is 4.01. The van der Waals surface area contributed by atoms with E-state index < -0.39 is 0 Å². The minimum Gasteiger partial charge on any atom is -0.393 e. The molecule has 2 N–H and O–H groups in total. The molecule has 2 fully saturated rings. The van der Waals surface area contributed by atoms with E-state index in [9.17, 15) is 4.79 Å². The van der Waals surface area contributed by atoms with Gasteiger partial charge in [-0.25, -0.2) is 0 Å². The van der Waals surface area contributed by atoms with Gasteiger partial charge in [-0.15, -0.1) is 0 Å². The van der Waals surface area contributed by atoms with Gasteiger partial charge in [-0.3, -0.25) is 9.69 Å². The Labute approximate surface area is 108 Å². The fourth-order valence-electron chi connectivity index (χ4n) is 2.95. The molecule has 17 heavy (non-hydrogen) atoms. The maximum absolute atomic E-state index is 12.0. The number of hydrogen-bond acceptors (Lipinski definition) is 3. The smallest absolute Gasteiger partial charge is 0.229 e. The minimum atomic E-state index is 0.0928. The molecule has 0 bridgehead atoms. The molecule has 1 amide bonds. The highest BCUT2D eigenvalue weighted by Gasteiger charge is 2.34. The van der Waals surface area contributed by atoms with Crippen molar-refractivity contribution in [3.63, 3.8) is 0 Å². The Morgan fingerprint density at radius 1 is 1.41 bits per heavy atom. The van der Waals surface area contributed by atoms with Crippen LogP contribution in [0.5, 0.6) is 0 Å². The van der Waals surface area contributed by atoms with E-state index in [2.05, 4.69) is 11.8 Å². The average molecular weight is 255 g/mol. The van der Waals surface area contributed by atoms with Crippen molar-refractivity contribution in [2.75, 3.05) is 19.6 Å². The lowest BCUT2D eigenvalue weighted by Crippen LogP contribution is -2.60. The Bertz CT molecular complexity index is 321. The number of carbonyl (C=O) groups excluding carboxylic acids is 1. The Morgan fingerprint density at radius 2 is 2.18 bits per heavy atom. The fraction of sp³-hybridized carbons (Fsp3) is 0.833. The number of thiocarbonyl (C=S) groups is 1. The lowest BCUT2D eigenvalue weighted by molar-refractivity contribution is -0.136. The molecule has 2 heterocycles. The molecule has 2 unspecified atom stereocenters.